The number of benzene rings is 1. The molecule has 3 rings (SSSR count). The molecule has 22 heavy (non-hydrogen) atoms. The van der Waals surface area contributed by atoms with Crippen LogP contribution < -0.4 is 5.32 Å². The molecule has 5 heteroatoms. The molecule has 0 bridgehead atoms. The molecule has 2 fully saturated rings. The van der Waals surface area contributed by atoms with Gasteiger partial charge in [0.05, 0.1) is 36.9 Å². The van der Waals surface area contributed by atoms with Crippen LogP contribution in [-0.2, 0) is 4.74 Å². The molecule has 0 unspecified atom stereocenters. The van der Waals surface area contributed by atoms with E-state index >= 15 is 0 Å². The Morgan fingerprint density at radius 1 is 1.27 bits per heavy atom. The molecule has 1 aromatic rings. The molecule has 0 spiro atoms. The minimum atomic E-state index is -0.130. The van der Waals surface area contributed by atoms with Crippen molar-refractivity contribution in [3.63, 3.8) is 0 Å². The van der Waals surface area contributed by atoms with Crippen molar-refractivity contribution >= 4 is 5.91 Å². The molecule has 116 valence electrons. The van der Waals surface area contributed by atoms with Crippen LogP contribution in [0.3, 0.4) is 0 Å². The molecule has 0 aliphatic carbocycles. The maximum absolute atomic E-state index is 12.4. The number of ether oxygens (including phenoxy) is 1. The molecule has 2 heterocycles. The van der Waals surface area contributed by atoms with Gasteiger partial charge in [0, 0.05) is 5.56 Å². The molecule has 0 saturated carbocycles. The van der Waals surface area contributed by atoms with E-state index < -0.39 is 0 Å². The van der Waals surface area contributed by atoms with Crippen LogP contribution in [0.1, 0.15) is 35.2 Å². The topological polar surface area (TPSA) is 65.4 Å². The number of nitrogens with zero attached hydrogens (tertiary/aromatic N) is 2. The standard InChI is InChI=1S/C17H21N3O2/c18-10-13-5-4-6-14(9-13)17(21)19-15-11-22-12-16(15)20-7-2-1-3-8-20/h4-6,9,15-16H,1-3,7-8,11-12H2,(H,19,21)/t15-,16-/m0/s1. The van der Waals surface area contributed by atoms with E-state index in [1.807, 2.05) is 0 Å². The fraction of sp³-hybridized carbons (Fsp3) is 0.529. The third-order valence-electron chi connectivity index (χ3n) is 4.48. The predicted octanol–water partition coefficient (Wildman–Crippen LogP) is 1.54. The zero-order chi connectivity index (χ0) is 15.4. The lowest BCUT2D eigenvalue weighted by Gasteiger charge is -2.34. The third kappa shape index (κ3) is 3.29. The van der Waals surface area contributed by atoms with Crippen molar-refractivity contribution in [2.45, 2.75) is 31.3 Å². The summed E-state index contributed by atoms with van der Waals surface area (Å²) in [6.45, 7) is 3.42. The largest absolute Gasteiger partial charge is 0.378 e. The molecule has 0 radical (unpaired) electrons. The second-order valence-electron chi connectivity index (χ2n) is 5.97. The molecular weight excluding hydrogens is 278 g/mol. The Kier molecular flexibility index (Phi) is 4.71. The Bertz CT molecular complexity index is 576. The van der Waals surface area contributed by atoms with E-state index in [4.69, 9.17) is 10.00 Å². The molecule has 2 aliphatic rings. The van der Waals surface area contributed by atoms with Crippen molar-refractivity contribution in [1.29, 1.82) is 5.26 Å². The number of amides is 1. The van der Waals surface area contributed by atoms with Gasteiger partial charge in [0.2, 0.25) is 0 Å². The lowest BCUT2D eigenvalue weighted by Crippen LogP contribution is -2.52. The molecule has 1 aromatic carbocycles. The lowest BCUT2D eigenvalue weighted by atomic mass is 10.0. The number of hydrogen-bond acceptors (Lipinski definition) is 4. The molecule has 0 aromatic heterocycles. The molecular formula is C17H21N3O2. The number of hydrogen-bond donors (Lipinski definition) is 1. The van der Waals surface area contributed by atoms with Crippen molar-refractivity contribution in [3.8, 4) is 6.07 Å². The predicted molar refractivity (Wildman–Crippen MR) is 82.4 cm³/mol. The number of likely N-dealkylation sites (tertiary alicyclic amines) is 1. The van der Waals surface area contributed by atoms with Gasteiger partial charge in [-0.05, 0) is 44.1 Å². The SMILES string of the molecule is N#Cc1cccc(C(=O)N[C@H]2COC[C@@H]2N2CCCCC2)c1. The number of piperidine rings is 1. The normalized spacial score (nSPS) is 25.6. The summed E-state index contributed by atoms with van der Waals surface area (Å²) in [6.07, 6.45) is 3.74. The second-order valence-corrected chi connectivity index (χ2v) is 5.97. The van der Waals surface area contributed by atoms with Crippen molar-refractivity contribution in [2.24, 2.45) is 0 Å². The zero-order valence-electron chi connectivity index (χ0n) is 12.6. The summed E-state index contributed by atoms with van der Waals surface area (Å²) in [5.74, 6) is -0.130. The maximum atomic E-state index is 12.4. The van der Waals surface area contributed by atoms with E-state index in [1.165, 1.54) is 19.3 Å². The average molecular weight is 299 g/mol. The highest BCUT2D eigenvalue weighted by atomic mass is 16.5. The van der Waals surface area contributed by atoms with Crippen LogP contribution in [0, 0.1) is 11.3 Å². The summed E-state index contributed by atoms with van der Waals surface area (Å²) < 4.78 is 5.60. The third-order valence-corrected chi connectivity index (χ3v) is 4.48. The van der Waals surface area contributed by atoms with E-state index in [-0.39, 0.29) is 18.0 Å². The Balaban J connectivity index is 1.65. The zero-order valence-corrected chi connectivity index (χ0v) is 12.6. The molecule has 1 amide bonds. The molecule has 2 saturated heterocycles. The summed E-state index contributed by atoms with van der Waals surface area (Å²) >= 11 is 0. The first-order valence-corrected chi connectivity index (χ1v) is 7.91. The summed E-state index contributed by atoms with van der Waals surface area (Å²) in [4.78, 5) is 14.8. The first-order chi connectivity index (χ1) is 10.8. The maximum Gasteiger partial charge on any atom is 0.251 e. The van der Waals surface area contributed by atoms with Gasteiger partial charge in [0.15, 0.2) is 0 Å². The number of rotatable bonds is 3. The fourth-order valence-electron chi connectivity index (χ4n) is 3.27. The fourth-order valence-corrected chi connectivity index (χ4v) is 3.27. The van der Waals surface area contributed by atoms with Crippen LogP contribution in [0.15, 0.2) is 24.3 Å². The van der Waals surface area contributed by atoms with Crippen LogP contribution >= 0.6 is 0 Å². The molecule has 2 aliphatic heterocycles. The lowest BCUT2D eigenvalue weighted by molar-refractivity contribution is 0.0900. The van der Waals surface area contributed by atoms with Crippen molar-refractivity contribution in [2.75, 3.05) is 26.3 Å². The average Bonchev–Trinajstić information content (AvgIpc) is 3.04. The van der Waals surface area contributed by atoms with Gasteiger partial charge in [-0.1, -0.05) is 12.5 Å². The number of nitriles is 1. The van der Waals surface area contributed by atoms with E-state index in [0.717, 1.165) is 13.1 Å². The van der Waals surface area contributed by atoms with Gasteiger partial charge in [-0.3, -0.25) is 9.69 Å². The van der Waals surface area contributed by atoms with Crippen LogP contribution in [0.4, 0.5) is 0 Å². The number of carbonyl (C=O) groups is 1. The first-order valence-electron chi connectivity index (χ1n) is 7.91. The number of carbonyl (C=O) groups excluding carboxylic acids is 1. The minimum Gasteiger partial charge on any atom is -0.378 e. The van der Waals surface area contributed by atoms with Crippen molar-refractivity contribution in [3.05, 3.63) is 35.4 Å². The minimum absolute atomic E-state index is 0.0244. The van der Waals surface area contributed by atoms with Gasteiger partial charge >= 0.3 is 0 Å². The van der Waals surface area contributed by atoms with Crippen LogP contribution in [0.5, 0.6) is 0 Å². The Morgan fingerprint density at radius 2 is 2.09 bits per heavy atom. The van der Waals surface area contributed by atoms with E-state index in [2.05, 4.69) is 16.3 Å². The van der Waals surface area contributed by atoms with Crippen molar-refractivity contribution in [1.82, 2.24) is 10.2 Å². The van der Waals surface area contributed by atoms with Gasteiger partial charge in [-0.2, -0.15) is 5.26 Å². The number of nitrogens with one attached hydrogen (secondary N) is 1. The molecule has 2 atom stereocenters. The summed E-state index contributed by atoms with van der Waals surface area (Å²) in [5.41, 5.74) is 1.03. The Hall–Kier alpha value is -1.90. The van der Waals surface area contributed by atoms with Gasteiger partial charge in [-0.25, -0.2) is 0 Å². The van der Waals surface area contributed by atoms with Crippen LogP contribution in [0.2, 0.25) is 0 Å². The van der Waals surface area contributed by atoms with Crippen LogP contribution in [-0.4, -0.2) is 49.2 Å². The quantitative estimate of drug-likeness (QED) is 0.919. The van der Waals surface area contributed by atoms with Gasteiger partial charge in [-0.15, -0.1) is 0 Å². The highest BCUT2D eigenvalue weighted by Gasteiger charge is 2.34. The Morgan fingerprint density at radius 3 is 2.86 bits per heavy atom. The van der Waals surface area contributed by atoms with Crippen molar-refractivity contribution < 1.29 is 9.53 Å². The summed E-state index contributed by atoms with van der Waals surface area (Å²) in [7, 11) is 0. The monoisotopic (exact) mass is 299 g/mol. The summed E-state index contributed by atoms with van der Waals surface area (Å²) in [5, 5.41) is 12.0. The first kappa shape index (κ1) is 15.0. The highest BCUT2D eigenvalue weighted by molar-refractivity contribution is 5.94. The van der Waals surface area contributed by atoms with Gasteiger partial charge in [0.25, 0.3) is 5.91 Å². The van der Waals surface area contributed by atoms with Gasteiger partial charge in [0.1, 0.15) is 0 Å². The highest BCUT2D eigenvalue weighted by Crippen LogP contribution is 2.19. The smallest absolute Gasteiger partial charge is 0.251 e. The molecule has 5 nitrogen and oxygen atoms in total. The van der Waals surface area contributed by atoms with E-state index in [1.54, 1.807) is 24.3 Å². The second kappa shape index (κ2) is 6.91. The summed E-state index contributed by atoms with van der Waals surface area (Å²) in [6, 6.07) is 9.16. The van der Waals surface area contributed by atoms with Crippen LogP contribution in [0.25, 0.3) is 0 Å². The van der Waals surface area contributed by atoms with Gasteiger partial charge < -0.3 is 10.1 Å². The Labute approximate surface area is 130 Å². The molecule has 1 N–H and O–H groups in total. The van der Waals surface area contributed by atoms with E-state index in [0.29, 0.717) is 24.3 Å². The van der Waals surface area contributed by atoms with E-state index in [9.17, 15) is 4.79 Å².